The number of hydrogen-bond donors (Lipinski definition) is 2. The van der Waals surface area contributed by atoms with Crippen LogP contribution in [0.4, 0.5) is 0 Å². The molecule has 0 bridgehead atoms. The van der Waals surface area contributed by atoms with E-state index in [0.29, 0.717) is 18.0 Å². The van der Waals surface area contributed by atoms with Gasteiger partial charge in [0.05, 0.1) is 0 Å². The van der Waals surface area contributed by atoms with E-state index in [-0.39, 0.29) is 18.2 Å². The molecule has 6 nitrogen and oxygen atoms in total. The molecular weight excluding hydrogens is 294 g/mol. The molecule has 1 aromatic rings. The molecule has 0 aromatic heterocycles. The van der Waals surface area contributed by atoms with Crippen LogP contribution in [0.3, 0.4) is 0 Å². The zero-order valence-electron chi connectivity index (χ0n) is 11.6. The molecule has 1 aliphatic rings. The van der Waals surface area contributed by atoms with Crippen molar-refractivity contribution in [3.63, 3.8) is 0 Å². The van der Waals surface area contributed by atoms with E-state index in [1.54, 1.807) is 12.1 Å². The summed E-state index contributed by atoms with van der Waals surface area (Å²) in [7, 11) is 1.46. The van der Waals surface area contributed by atoms with Crippen LogP contribution in [0.1, 0.15) is 12.0 Å². The Hall–Kier alpha value is -2.08. The van der Waals surface area contributed by atoms with E-state index in [0.717, 1.165) is 10.6 Å². The van der Waals surface area contributed by atoms with Crippen LogP contribution in [0.15, 0.2) is 24.3 Å². The summed E-state index contributed by atoms with van der Waals surface area (Å²) in [4.78, 5) is 34.9. The maximum atomic E-state index is 11.8. The lowest BCUT2D eigenvalue weighted by Crippen LogP contribution is -2.31. The maximum Gasteiger partial charge on any atom is 0.253 e. The van der Waals surface area contributed by atoms with Crippen LogP contribution < -0.4 is 10.7 Å². The Morgan fingerprint density at radius 1 is 1.33 bits per heavy atom. The molecule has 0 saturated carbocycles. The largest absolute Gasteiger partial charge is 0.356 e. The lowest BCUT2D eigenvalue weighted by atomic mass is 10.0. The lowest BCUT2D eigenvalue weighted by molar-refractivity contribution is -0.135. The van der Waals surface area contributed by atoms with E-state index >= 15 is 0 Å². The second-order valence-electron chi connectivity index (χ2n) is 4.86. The van der Waals surface area contributed by atoms with Crippen molar-refractivity contribution in [2.45, 2.75) is 12.8 Å². The predicted octanol–water partition coefficient (Wildman–Crippen LogP) is 0.508. The fraction of sp³-hybridized carbons (Fsp3) is 0.357. The number of carbonyl (C=O) groups is 3. The van der Waals surface area contributed by atoms with Gasteiger partial charge in [0, 0.05) is 25.0 Å². The topological polar surface area (TPSA) is 78.5 Å². The first-order valence-electron chi connectivity index (χ1n) is 6.56. The fourth-order valence-electron chi connectivity index (χ4n) is 2.08. The van der Waals surface area contributed by atoms with Gasteiger partial charge in [-0.25, -0.2) is 0 Å². The SMILES string of the molecule is CN1NC(=O)C(CC(=O)NCCc2ccc(Cl)cc2)C1=O. The first kappa shape index (κ1) is 15.3. The normalized spacial score (nSPS) is 17.8. The van der Waals surface area contributed by atoms with E-state index in [2.05, 4.69) is 10.7 Å². The van der Waals surface area contributed by atoms with Gasteiger partial charge in [0.15, 0.2) is 0 Å². The molecule has 0 radical (unpaired) electrons. The lowest BCUT2D eigenvalue weighted by Gasteiger charge is -2.08. The standard InChI is InChI=1S/C14H16ClN3O3/c1-18-14(21)11(13(20)17-18)8-12(19)16-7-6-9-2-4-10(15)5-3-9/h2-5,11H,6-8H2,1H3,(H,16,19)(H,17,20). The molecule has 21 heavy (non-hydrogen) atoms. The Labute approximate surface area is 127 Å². The third-order valence-corrected chi connectivity index (χ3v) is 3.51. The second-order valence-corrected chi connectivity index (χ2v) is 5.29. The molecule has 1 saturated heterocycles. The van der Waals surface area contributed by atoms with Crippen LogP contribution >= 0.6 is 11.6 Å². The Bertz CT molecular complexity index is 559. The van der Waals surface area contributed by atoms with Crippen LogP contribution in [0.5, 0.6) is 0 Å². The summed E-state index contributed by atoms with van der Waals surface area (Å²) in [6, 6.07) is 7.35. The third kappa shape index (κ3) is 3.95. The number of halogens is 1. The molecule has 2 N–H and O–H groups in total. The van der Waals surface area contributed by atoms with Gasteiger partial charge in [0.25, 0.3) is 11.8 Å². The van der Waals surface area contributed by atoms with Gasteiger partial charge >= 0.3 is 0 Å². The number of nitrogens with zero attached hydrogens (tertiary/aromatic N) is 1. The van der Waals surface area contributed by atoms with E-state index in [1.165, 1.54) is 7.05 Å². The number of carbonyl (C=O) groups excluding carboxylic acids is 3. The zero-order valence-corrected chi connectivity index (χ0v) is 12.3. The number of nitrogens with one attached hydrogen (secondary N) is 2. The molecule has 3 amide bonds. The Morgan fingerprint density at radius 3 is 2.57 bits per heavy atom. The Morgan fingerprint density at radius 2 is 2.00 bits per heavy atom. The van der Waals surface area contributed by atoms with Crippen LogP contribution in [0, 0.1) is 5.92 Å². The van der Waals surface area contributed by atoms with Crippen LogP contribution in [0.2, 0.25) is 5.02 Å². The zero-order chi connectivity index (χ0) is 15.4. The first-order valence-corrected chi connectivity index (χ1v) is 6.94. The molecule has 7 heteroatoms. The number of hydrazine groups is 1. The van der Waals surface area contributed by atoms with Crippen LogP contribution in [-0.4, -0.2) is 36.3 Å². The maximum absolute atomic E-state index is 11.8. The third-order valence-electron chi connectivity index (χ3n) is 3.26. The highest BCUT2D eigenvalue weighted by atomic mass is 35.5. The molecule has 1 heterocycles. The van der Waals surface area contributed by atoms with Crippen LogP contribution in [0.25, 0.3) is 0 Å². The van der Waals surface area contributed by atoms with Crippen molar-refractivity contribution in [3.05, 3.63) is 34.9 Å². The number of benzene rings is 1. The minimum absolute atomic E-state index is 0.129. The summed E-state index contributed by atoms with van der Waals surface area (Å²) >= 11 is 5.79. The number of amides is 3. The average Bonchev–Trinajstić information content (AvgIpc) is 2.68. The minimum Gasteiger partial charge on any atom is -0.356 e. The molecule has 112 valence electrons. The van der Waals surface area contributed by atoms with Gasteiger partial charge < -0.3 is 5.32 Å². The van der Waals surface area contributed by atoms with E-state index in [1.807, 2.05) is 12.1 Å². The fourth-order valence-corrected chi connectivity index (χ4v) is 2.21. The summed E-state index contributed by atoms with van der Waals surface area (Å²) in [6.07, 6.45) is 0.531. The first-order chi connectivity index (χ1) is 9.97. The highest BCUT2D eigenvalue weighted by Crippen LogP contribution is 2.13. The summed E-state index contributed by atoms with van der Waals surface area (Å²) in [5.41, 5.74) is 3.41. The monoisotopic (exact) mass is 309 g/mol. The van der Waals surface area contributed by atoms with Crippen molar-refractivity contribution in [2.24, 2.45) is 5.92 Å². The number of rotatable bonds is 5. The van der Waals surface area contributed by atoms with Crippen LogP contribution in [-0.2, 0) is 20.8 Å². The van der Waals surface area contributed by atoms with Crippen molar-refractivity contribution in [1.82, 2.24) is 15.8 Å². The summed E-state index contributed by atoms with van der Waals surface area (Å²) in [5, 5.41) is 4.48. The van der Waals surface area contributed by atoms with Crippen molar-refractivity contribution >= 4 is 29.3 Å². The molecule has 1 aromatic carbocycles. The van der Waals surface area contributed by atoms with Gasteiger partial charge in [0.2, 0.25) is 5.91 Å². The highest BCUT2D eigenvalue weighted by Gasteiger charge is 2.38. The molecule has 0 aliphatic carbocycles. The second kappa shape index (κ2) is 6.58. The van der Waals surface area contributed by atoms with Crippen molar-refractivity contribution in [2.75, 3.05) is 13.6 Å². The van der Waals surface area contributed by atoms with E-state index < -0.39 is 11.8 Å². The molecule has 2 rings (SSSR count). The summed E-state index contributed by atoms with van der Waals surface area (Å²) in [5.74, 6) is -2.05. The minimum atomic E-state index is -0.925. The van der Waals surface area contributed by atoms with E-state index in [9.17, 15) is 14.4 Å². The van der Waals surface area contributed by atoms with Gasteiger partial charge in [-0.05, 0) is 24.1 Å². The molecule has 1 atom stereocenters. The van der Waals surface area contributed by atoms with Crippen molar-refractivity contribution in [3.8, 4) is 0 Å². The summed E-state index contributed by atoms with van der Waals surface area (Å²) in [6.45, 7) is 0.443. The average molecular weight is 310 g/mol. The molecule has 1 unspecified atom stereocenters. The quantitative estimate of drug-likeness (QED) is 0.778. The molecule has 1 fully saturated rings. The van der Waals surface area contributed by atoms with Gasteiger partial charge in [-0.1, -0.05) is 23.7 Å². The Kier molecular flexibility index (Phi) is 4.80. The molecular formula is C14H16ClN3O3. The highest BCUT2D eigenvalue weighted by molar-refractivity contribution is 6.30. The summed E-state index contributed by atoms with van der Waals surface area (Å²) < 4.78 is 0. The van der Waals surface area contributed by atoms with Gasteiger partial charge in [-0.15, -0.1) is 0 Å². The van der Waals surface area contributed by atoms with Gasteiger partial charge in [0.1, 0.15) is 5.92 Å². The van der Waals surface area contributed by atoms with Crippen molar-refractivity contribution < 1.29 is 14.4 Å². The van der Waals surface area contributed by atoms with E-state index in [4.69, 9.17) is 11.6 Å². The Balaban J connectivity index is 1.76. The molecule has 0 spiro atoms. The smallest absolute Gasteiger partial charge is 0.253 e. The van der Waals surface area contributed by atoms with Gasteiger partial charge in [-0.2, -0.15) is 0 Å². The van der Waals surface area contributed by atoms with Gasteiger partial charge in [-0.3, -0.25) is 24.8 Å². The predicted molar refractivity (Wildman–Crippen MR) is 77.2 cm³/mol. The van der Waals surface area contributed by atoms with Crippen molar-refractivity contribution in [1.29, 1.82) is 0 Å². The number of hydrogen-bond acceptors (Lipinski definition) is 3. The molecule has 1 aliphatic heterocycles.